The van der Waals surface area contributed by atoms with Crippen LogP contribution in [0.25, 0.3) is 0 Å². The summed E-state index contributed by atoms with van der Waals surface area (Å²) in [6.45, 7) is 0. The van der Waals surface area contributed by atoms with Gasteiger partial charge in [0, 0.05) is 0 Å². The molecule has 97 valence electrons. The molecule has 4 aliphatic carbocycles. The number of hydrogen-bond donors (Lipinski definition) is 0. The van der Waals surface area contributed by atoms with E-state index < -0.39 is 0 Å². The Kier molecular flexibility index (Phi) is 2.67. The molecule has 0 spiro atoms. The topological polar surface area (TPSA) is 0 Å². The maximum Gasteiger partial charge on any atom is -0.00215 e. The maximum atomic E-state index is 2.65. The van der Waals surface area contributed by atoms with Gasteiger partial charge in [-0.3, -0.25) is 0 Å². The Balaban J connectivity index is 1.68. The summed E-state index contributed by atoms with van der Waals surface area (Å²) in [5.74, 6) is 4.76. The van der Waals surface area contributed by atoms with E-state index in [1.54, 1.807) is 0 Å². The van der Waals surface area contributed by atoms with Crippen molar-refractivity contribution in [3.05, 3.63) is 30.2 Å². The Morgan fingerprint density at radius 1 is 1.00 bits per heavy atom. The molecule has 1 radical (unpaired) electrons. The zero-order chi connectivity index (χ0) is 12.0. The minimum absolute atomic E-state index is 0.549. The van der Waals surface area contributed by atoms with Gasteiger partial charge in [0.05, 0.1) is 0 Å². The van der Waals surface area contributed by atoms with Crippen LogP contribution in [0.1, 0.15) is 57.8 Å². The van der Waals surface area contributed by atoms with Crippen molar-refractivity contribution in [3.8, 4) is 0 Å². The van der Waals surface area contributed by atoms with Crippen molar-refractivity contribution < 1.29 is 0 Å². The van der Waals surface area contributed by atoms with E-state index in [9.17, 15) is 0 Å². The Morgan fingerprint density at radius 2 is 1.89 bits per heavy atom. The van der Waals surface area contributed by atoms with Crippen LogP contribution in [0.15, 0.2) is 24.3 Å². The Bertz CT molecular complexity index is 369. The highest BCUT2D eigenvalue weighted by Gasteiger charge is 2.52. The molecule has 0 aromatic carbocycles. The normalized spacial score (nSPS) is 41.2. The monoisotopic (exact) mass is 241 g/mol. The van der Waals surface area contributed by atoms with E-state index in [0.29, 0.717) is 5.41 Å². The van der Waals surface area contributed by atoms with Crippen molar-refractivity contribution >= 4 is 0 Å². The highest BCUT2D eigenvalue weighted by atomic mass is 14.6. The fraction of sp³-hybridized carbons (Fsp3) is 0.722. The van der Waals surface area contributed by atoms with Crippen LogP contribution in [0, 0.1) is 29.1 Å². The van der Waals surface area contributed by atoms with Crippen molar-refractivity contribution in [2.75, 3.05) is 0 Å². The first-order valence-electron chi connectivity index (χ1n) is 8.10. The number of rotatable bonds is 3. The van der Waals surface area contributed by atoms with E-state index in [-0.39, 0.29) is 0 Å². The molecule has 0 aromatic heterocycles. The molecule has 4 aliphatic rings. The Labute approximate surface area is 112 Å². The van der Waals surface area contributed by atoms with Crippen LogP contribution in [-0.4, -0.2) is 0 Å². The smallest absolute Gasteiger partial charge is 0.00215 e. The summed E-state index contributed by atoms with van der Waals surface area (Å²) in [6, 6.07) is 0. The van der Waals surface area contributed by atoms with Crippen LogP contribution in [0.4, 0.5) is 0 Å². The lowest BCUT2D eigenvalue weighted by molar-refractivity contribution is 0.191. The highest BCUT2D eigenvalue weighted by Crippen LogP contribution is 2.62. The van der Waals surface area contributed by atoms with Gasteiger partial charge in [-0.25, -0.2) is 0 Å². The van der Waals surface area contributed by atoms with E-state index in [2.05, 4.69) is 24.3 Å². The fourth-order valence-electron chi connectivity index (χ4n) is 4.58. The van der Waals surface area contributed by atoms with E-state index in [0.717, 1.165) is 17.8 Å². The molecule has 2 fully saturated rings. The van der Waals surface area contributed by atoms with Gasteiger partial charge in [0.15, 0.2) is 0 Å². The van der Waals surface area contributed by atoms with Crippen LogP contribution in [-0.2, 0) is 0 Å². The second kappa shape index (κ2) is 4.25. The predicted molar refractivity (Wildman–Crippen MR) is 76.0 cm³/mol. The summed E-state index contributed by atoms with van der Waals surface area (Å²) < 4.78 is 0. The van der Waals surface area contributed by atoms with Crippen molar-refractivity contribution in [1.82, 2.24) is 0 Å². The van der Waals surface area contributed by atoms with Gasteiger partial charge >= 0.3 is 0 Å². The number of allylic oxidation sites excluding steroid dienone is 4. The lowest BCUT2D eigenvalue weighted by Gasteiger charge is -2.45. The zero-order valence-electron chi connectivity index (χ0n) is 11.4. The van der Waals surface area contributed by atoms with Crippen molar-refractivity contribution in [3.63, 3.8) is 0 Å². The summed E-state index contributed by atoms with van der Waals surface area (Å²) in [4.78, 5) is 0. The van der Waals surface area contributed by atoms with E-state index in [4.69, 9.17) is 0 Å². The molecule has 2 saturated carbocycles. The molecule has 0 nitrogen and oxygen atoms in total. The molecule has 2 unspecified atom stereocenters. The van der Waals surface area contributed by atoms with Gasteiger partial charge in [-0.15, -0.1) is 0 Å². The summed E-state index contributed by atoms with van der Waals surface area (Å²) in [5, 5.41) is 0. The lowest BCUT2D eigenvalue weighted by Crippen LogP contribution is -2.37. The standard InChI is InChI=1S/C18H25/c1-4-12-18(13-5-1,15-10-11-15)17-7-3-2-6-16(17)14-8-9-14/h3-4,7,12,14-15,17H,1-2,5-6,8-11,13H2. The van der Waals surface area contributed by atoms with Crippen LogP contribution in [0.5, 0.6) is 0 Å². The van der Waals surface area contributed by atoms with Gasteiger partial charge in [-0.2, -0.15) is 0 Å². The summed E-state index contributed by atoms with van der Waals surface area (Å²) in [6.07, 6.45) is 23.1. The van der Waals surface area contributed by atoms with E-state index in [1.807, 2.05) is 5.92 Å². The molecule has 2 atom stereocenters. The molecule has 18 heavy (non-hydrogen) atoms. The van der Waals surface area contributed by atoms with Crippen molar-refractivity contribution in [2.24, 2.45) is 23.2 Å². The van der Waals surface area contributed by atoms with Crippen LogP contribution in [0.2, 0.25) is 0 Å². The second-order valence-electron chi connectivity index (χ2n) is 6.97. The molecule has 0 saturated heterocycles. The summed E-state index contributed by atoms with van der Waals surface area (Å²) >= 11 is 0. The SMILES string of the molecule is C1=CC(C2CC2)(C2C=CCC[C]2C2CC2)CCC1. The molecule has 0 aliphatic heterocycles. The highest BCUT2D eigenvalue weighted by molar-refractivity contribution is 5.27. The maximum absolute atomic E-state index is 2.65. The average Bonchev–Trinajstić information content (AvgIpc) is 3.32. The van der Waals surface area contributed by atoms with Crippen molar-refractivity contribution in [2.45, 2.75) is 57.8 Å². The first kappa shape index (κ1) is 11.3. The van der Waals surface area contributed by atoms with E-state index >= 15 is 0 Å². The number of hydrogen-bond acceptors (Lipinski definition) is 0. The molecular formula is C18H25. The fourth-order valence-corrected chi connectivity index (χ4v) is 4.58. The summed E-state index contributed by atoms with van der Waals surface area (Å²) in [7, 11) is 0. The van der Waals surface area contributed by atoms with Gasteiger partial charge in [0.2, 0.25) is 0 Å². The van der Waals surface area contributed by atoms with Crippen LogP contribution in [0.3, 0.4) is 0 Å². The lowest BCUT2D eigenvalue weighted by atomic mass is 9.59. The molecule has 0 aromatic rings. The van der Waals surface area contributed by atoms with Crippen molar-refractivity contribution in [1.29, 1.82) is 0 Å². The first-order chi connectivity index (χ1) is 8.90. The minimum Gasteiger partial charge on any atom is -0.0882 e. The Hall–Kier alpha value is -0.520. The Morgan fingerprint density at radius 3 is 2.56 bits per heavy atom. The average molecular weight is 241 g/mol. The predicted octanol–water partition coefficient (Wildman–Crippen LogP) is 5.07. The van der Waals surface area contributed by atoms with Gasteiger partial charge in [0.1, 0.15) is 0 Å². The quantitative estimate of drug-likeness (QED) is 0.605. The van der Waals surface area contributed by atoms with Gasteiger partial charge < -0.3 is 0 Å². The largest absolute Gasteiger partial charge is 0.0882 e. The second-order valence-corrected chi connectivity index (χ2v) is 6.97. The third-order valence-corrected chi connectivity index (χ3v) is 5.75. The molecule has 0 heterocycles. The minimum atomic E-state index is 0.549. The molecule has 4 rings (SSSR count). The third-order valence-electron chi connectivity index (χ3n) is 5.75. The van der Waals surface area contributed by atoms with Gasteiger partial charge in [-0.1, -0.05) is 24.3 Å². The van der Waals surface area contributed by atoms with Crippen LogP contribution >= 0.6 is 0 Å². The first-order valence-corrected chi connectivity index (χ1v) is 8.10. The van der Waals surface area contributed by atoms with E-state index in [1.165, 1.54) is 57.8 Å². The molecule has 0 heteroatoms. The van der Waals surface area contributed by atoms with Gasteiger partial charge in [0.25, 0.3) is 0 Å². The zero-order valence-corrected chi connectivity index (χ0v) is 11.4. The third kappa shape index (κ3) is 1.80. The molecular weight excluding hydrogens is 216 g/mol. The molecule has 0 bridgehead atoms. The van der Waals surface area contributed by atoms with Gasteiger partial charge in [-0.05, 0) is 86.9 Å². The molecule has 0 amide bonds. The molecule has 0 N–H and O–H groups in total. The van der Waals surface area contributed by atoms with Crippen LogP contribution < -0.4 is 0 Å². The summed E-state index contributed by atoms with van der Waals surface area (Å²) in [5.41, 5.74) is 0.549.